The Labute approximate surface area is 115 Å². The van der Waals surface area contributed by atoms with Crippen LogP contribution < -0.4 is 5.32 Å². The minimum absolute atomic E-state index is 0.0219. The van der Waals surface area contributed by atoms with Gasteiger partial charge in [-0.25, -0.2) is 8.78 Å². The first-order valence-electron chi connectivity index (χ1n) is 6.68. The third-order valence-corrected chi connectivity index (χ3v) is 4.70. The van der Waals surface area contributed by atoms with Crippen molar-refractivity contribution in [2.24, 2.45) is 11.3 Å². The van der Waals surface area contributed by atoms with E-state index in [-0.39, 0.29) is 30.1 Å². The van der Waals surface area contributed by atoms with Crippen molar-refractivity contribution >= 4 is 21.8 Å². The number of carbonyl (C=O) groups is 1. The first-order valence-corrected chi connectivity index (χ1v) is 7.80. The van der Waals surface area contributed by atoms with Crippen molar-refractivity contribution in [3.05, 3.63) is 0 Å². The fourth-order valence-corrected chi connectivity index (χ4v) is 3.45. The van der Waals surface area contributed by atoms with Crippen LogP contribution in [0.25, 0.3) is 0 Å². The van der Waals surface area contributed by atoms with E-state index in [9.17, 15) is 13.6 Å². The lowest BCUT2D eigenvalue weighted by Crippen LogP contribution is -2.38. The maximum Gasteiger partial charge on any atom is 0.248 e. The van der Waals surface area contributed by atoms with Crippen LogP contribution >= 0.6 is 15.9 Å². The van der Waals surface area contributed by atoms with E-state index >= 15 is 0 Å². The number of alkyl halides is 3. The Morgan fingerprint density at radius 1 is 1.22 bits per heavy atom. The van der Waals surface area contributed by atoms with Gasteiger partial charge in [0.15, 0.2) is 0 Å². The summed E-state index contributed by atoms with van der Waals surface area (Å²) in [5, 5.41) is 3.92. The van der Waals surface area contributed by atoms with Gasteiger partial charge in [0.2, 0.25) is 11.8 Å². The van der Waals surface area contributed by atoms with Crippen LogP contribution in [0, 0.1) is 11.3 Å². The van der Waals surface area contributed by atoms with Gasteiger partial charge < -0.3 is 5.32 Å². The average molecular weight is 324 g/mol. The lowest BCUT2D eigenvalue weighted by atomic mass is 9.86. The molecule has 0 unspecified atom stereocenters. The highest BCUT2D eigenvalue weighted by Crippen LogP contribution is 2.48. The highest BCUT2D eigenvalue weighted by molar-refractivity contribution is 9.09. The van der Waals surface area contributed by atoms with Crippen molar-refractivity contribution in [1.29, 1.82) is 0 Å². The van der Waals surface area contributed by atoms with Gasteiger partial charge in [-0.3, -0.25) is 4.79 Å². The Morgan fingerprint density at radius 2 is 1.83 bits per heavy atom. The van der Waals surface area contributed by atoms with Gasteiger partial charge in [-0.05, 0) is 37.5 Å². The number of amides is 1. The van der Waals surface area contributed by atoms with Crippen molar-refractivity contribution in [1.82, 2.24) is 5.32 Å². The summed E-state index contributed by atoms with van der Waals surface area (Å²) < 4.78 is 26.0. The zero-order valence-corrected chi connectivity index (χ0v) is 12.1. The smallest absolute Gasteiger partial charge is 0.248 e. The molecule has 2 aliphatic carbocycles. The van der Waals surface area contributed by atoms with Gasteiger partial charge in [0.1, 0.15) is 0 Å². The monoisotopic (exact) mass is 323 g/mol. The van der Waals surface area contributed by atoms with Gasteiger partial charge in [0, 0.05) is 30.6 Å². The molecule has 0 aromatic carbocycles. The zero-order chi connectivity index (χ0) is 13.2. The highest BCUT2D eigenvalue weighted by atomic mass is 79.9. The molecule has 2 aliphatic rings. The molecule has 18 heavy (non-hydrogen) atoms. The summed E-state index contributed by atoms with van der Waals surface area (Å²) in [7, 11) is 0. The highest BCUT2D eigenvalue weighted by Gasteiger charge is 2.43. The van der Waals surface area contributed by atoms with Crippen molar-refractivity contribution in [3.63, 3.8) is 0 Å². The fourth-order valence-electron chi connectivity index (χ4n) is 2.61. The van der Waals surface area contributed by atoms with Gasteiger partial charge in [0.05, 0.1) is 0 Å². The second-order valence-electron chi connectivity index (χ2n) is 5.79. The van der Waals surface area contributed by atoms with E-state index in [2.05, 4.69) is 21.2 Å². The first kappa shape index (κ1) is 14.2. The molecule has 0 aliphatic heterocycles. The number of hydrogen-bond acceptors (Lipinski definition) is 1. The third kappa shape index (κ3) is 3.65. The molecular formula is C13H20BrF2NO. The Morgan fingerprint density at radius 3 is 2.33 bits per heavy atom. The molecule has 0 saturated heterocycles. The summed E-state index contributed by atoms with van der Waals surface area (Å²) in [4.78, 5) is 11.9. The minimum atomic E-state index is -2.55. The molecule has 0 radical (unpaired) electrons. The summed E-state index contributed by atoms with van der Waals surface area (Å²) in [5.41, 5.74) is 0.289. The van der Waals surface area contributed by atoms with Gasteiger partial charge in [-0.1, -0.05) is 15.9 Å². The van der Waals surface area contributed by atoms with Crippen LogP contribution in [-0.4, -0.2) is 23.7 Å². The van der Waals surface area contributed by atoms with E-state index in [0.29, 0.717) is 19.4 Å². The van der Waals surface area contributed by atoms with Crippen molar-refractivity contribution in [2.75, 3.05) is 11.9 Å². The minimum Gasteiger partial charge on any atom is -0.355 e. The average Bonchev–Trinajstić information content (AvgIpc) is 3.07. The molecule has 0 aromatic rings. The van der Waals surface area contributed by atoms with Crippen LogP contribution in [0.2, 0.25) is 0 Å². The third-order valence-electron chi connectivity index (χ3n) is 4.31. The Bertz CT molecular complexity index is 308. The van der Waals surface area contributed by atoms with Crippen LogP contribution in [0.3, 0.4) is 0 Å². The summed E-state index contributed by atoms with van der Waals surface area (Å²) >= 11 is 3.43. The van der Waals surface area contributed by atoms with Crippen LogP contribution in [0.4, 0.5) is 8.78 Å². The van der Waals surface area contributed by atoms with E-state index < -0.39 is 5.92 Å². The first-order chi connectivity index (χ1) is 8.46. The van der Waals surface area contributed by atoms with Crippen molar-refractivity contribution < 1.29 is 13.6 Å². The summed E-state index contributed by atoms with van der Waals surface area (Å²) in [6.07, 6.45) is 3.78. The molecular weight excluding hydrogens is 304 g/mol. The van der Waals surface area contributed by atoms with E-state index in [4.69, 9.17) is 0 Å². The van der Waals surface area contributed by atoms with Gasteiger partial charge in [-0.2, -0.15) is 0 Å². The molecule has 1 amide bonds. The number of hydrogen-bond donors (Lipinski definition) is 1. The lowest BCUT2D eigenvalue weighted by Gasteiger charge is -2.28. The predicted octanol–water partition coefficient (Wildman–Crippen LogP) is 3.49. The SMILES string of the molecule is O=C(NCC1(CCBr)CC1)C1CCC(F)(F)CC1. The van der Waals surface area contributed by atoms with Crippen LogP contribution in [0.5, 0.6) is 0 Å². The number of nitrogens with one attached hydrogen (secondary N) is 1. The second-order valence-corrected chi connectivity index (χ2v) is 6.58. The molecule has 0 aromatic heterocycles. The Balaban J connectivity index is 1.72. The van der Waals surface area contributed by atoms with Crippen LogP contribution in [-0.2, 0) is 4.79 Å². The number of halogens is 3. The molecule has 0 bridgehead atoms. The summed E-state index contributed by atoms with van der Waals surface area (Å²) in [6, 6.07) is 0. The largest absolute Gasteiger partial charge is 0.355 e. The molecule has 2 saturated carbocycles. The fraction of sp³-hybridized carbons (Fsp3) is 0.923. The molecule has 0 heterocycles. The maximum absolute atomic E-state index is 13.0. The van der Waals surface area contributed by atoms with E-state index in [1.807, 2.05) is 0 Å². The molecule has 1 N–H and O–H groups in total. The van der Waals surface area contributed by atoms with Crippen LogP contribution in [0.15, 0.2) is 0 Å². The molecule has 0 atom stereocenters. The predicted molar refractivity (Wildman–Crippen MR) is 70.0 cm³/mol. The van der Waals surface area contributed by atoms with Gasteiger partial charge >= 0.3 is 0 Å². The lowest BCUT2D eigenvalue weighted by molar-refractivity contribution is -0.129. The normalized spacial score (nSPS) is 25.7. The second kappa shape index (κ2) is 5.43. The summed E-state index contributed by atoms with van der Waals surface area (Å²) in [6.45, 7) is 0.713. The Kier molecular flexibility index (Phi) is 4.29. The Hall–Kier alpha value is -0.190. The zero-order valence-electron chi connectivity index (χ0n) is 10.5. The van der Waals surface area contributed by atoms with Crippen molar-refractivity contribution in [3.8, 4) is 0 Å². The van der Waals surface area contributed by atoms with E-state index in [1.165, 1.54) is 12.8 Å². The quantitative estimate of drug-likeness (QED) is 0.771. The van der Waals surface area contributed by atoms with E-state index in [1.54, 1.807) is 0 Å². The van der Waals surface area contributed by atoms with Gasteiger partial charge in [-0.15, -0.1) is 0 Å². The topological polar surface area (TPSA) is 29.1 Å². The van der Waals surface area contributed by atoms with Gasteiger partial charge in [0.25, 0.3) is 0 Å². The number of rotatable bonds is 5. The summed E-state index contributed by atoms with van der Waals surface area (Å²) in [5.74, 6) is -2.78. The standard InChI is InChI=1S/C13H20BrF2NO/c14-8-7-12(5-6-12)9-17-11(18)10-1-3-13(15,16)4-2-10/h10H,1-9H2,(H,17,18). The van der Waals surface area contributed by atoms with E-state index in [0.717, 1.165) is 11.8 Å². The van der Waals surface area contributed by atoms with Crippen molar-refractivity contribution in [2.45, 2.75) is 50.9 Å². The molecule has 2 rings (SSSR count). The molecule has 0 spiro atoms. The molecule has 2 fully saturated rings. The maximum atomic E-state index is 13.0. The number of carbonyl (C=O) groups excluding carboxylic acids is 1. The molecule has 5 heteroatoms. The van der Waals surface area contributed by atoms with Crippen LogP contribution in [0.1, 0.15) is 44.9 Å². The molecule has 104 valence electrons. The molecule has 2 nitrogen and oxygen atoms in total.